The first kappa shape index (κ1) is 18.1. The van der Waals surface area contributed by atoms with Gasteiger partial charge in [0.2, 0.25) is 5.95 Å². The number of rotatable bonds is 4. The third-order valence-electron chi connectivity index (χ3n) is 5.22. The second-order valence-electron chi connectivity index (χ2n) is 7.17. The maximum Gasteiger partial charge on any atom is 0.227 e. The van der Waals surface area contributed by atoms with Crippen LogP contribution in [0.3, 0.4) is 0 Å². The van der Waals surface area contributed by atoms with Gasteiger partial charge in [0.25, 0.3) is 0 Å². The van der Waals surface area contributed by atoms with Crippen LogP contribution in [0.15, 0.2) is 60.1 Å². The minimum Gasteiger partial charge on any atom is -0.378 e. The summed E-state index contributed by atoms with van der Waals surface area (Å²) in [5.41, 5.74) is 5.57. The van der Waals surface area contributed by atoms with E-state index in [0.717, 1.165) is 42.9 Å². The lowest BCUT2D eigenvalue weighted by atomic mass is 10.1. The Morgan fingerprint density at radius 2 is 1.97 bits per heavy atom. The summed E-state index contributed by atoms with van der Waals surface area (Å²) in [7, 11) is 0. The molecule has 146 valence electrons. The number of benzene rings is 2. The molecule has 0 amide bonds. The van der Waals surface area contributed by atoms with Gasteiger partial charge in [0.15, 0.2) is 0 Å². The van der Waals surface area contributed by atoms with Gasteiger partial charge in [0.1, 0.15) is 0 Å². The number of ether oxygens (including phenoxy) is 1. The van der Waals surface area contributed by atoms with Crippen molar-refractivity contribution in [2.75, 3.05) is 36.5 Å². The molecule has 0 bridgehead atoms. The Hall–Kier alpha value is -2.96. The van der Waals surface area contributed by atoms with Crippen molar-refractivity contribution in [3.05, 3.63) is 65.7 Å². The summed E-state index contributed by atoms with van der Waals surface area (Å²) < 4.78 is 5.45. The highest BCUT2D eigenvalue weighted by atomic mass is 32.1. The standard InChI is InChI=1S/C23H22N4OS/c1-16-13-19(27-8-10-28-11-9-27)5-7-20(16)25-23-24-15-18-14-17(4-6-21(18)26-23)22-3-2-12-29-22/h2-7,12-15H,8-11H2,1H3,(H,24,25,26). The van der Waals surface area contributed by atoms with Crippen molar-refractivity contribution < 1.29 is 4.74 Å². The van der Waals surface area contributed by atoms with E-state index in [1.54, 1.807) is 11.3 Å². The average molecular weight is 403 g/mol. The van der Waals surface area contributed by atoms with Crippen molar-refractivity contribution in [1.29, 1.82) is 0 Å². The Balaban J connectivity index is 1.37. The molecule has 0 spiro atoms. The fourth-order valence-corrected chi connectivity index (χ4v) is 4.34. The molecule has 1 aliphatic heterocycles. The summed E-state index contributed by atoms with van der Waals surface area (Å²) in [5.74, 6) is 0.614. The fourth-order valence-electron chi connectivity index (χ4n) is 3.62. The van der Waals surface area contributed by atoms with E-state index < -0.39 is 0 Å². The van der Waals surface area contributed by atoms with E-state index in [9.17, 15) is 0 Å². The Labute approximate surface area is 174 Å². The normalized spacial score (nSPS) is 14.3. The predicted octanol–water partition coefficient (Wildman–Crippen LogP) is 5.25. The number of hydrogen-bond acceptors (Lipinski definition) is 6. The Morgan fingerprint density at radius 1 is 1.07 bits per heavy atom. The zero-order chi connectivity index (χ0) is 19.6. The van der Waals surface area contributed by atoms with Crippen molar-refractivity contribution in [3.8, 4) is 10.4 Å². The van der Waals surface area contributed by atoms with Gasteiger partial charge < -0.3 is 15.0 Å². The first-order valence-corrected chi connectivity index (χ1v) is 10.7. The van der Waals surface area contributed by atoms with Gasteiger partial charge in [-0.3, -0.25) is 0 Å². The summed E-state index contributed by atoms with van der Waals surface area (Å²) in [6.45, 7) is 5.57. The SMILES string of the molecule is Cc1cc(N2CCOCC2)ccc1Nc1ncc2cc(-c3cccs3)ccc2n1. The molecule has 5 rings (SSSR count). The number of aryl methyl sites for hydroxylation is 1. The topological polar surface area (TPSA) is 50.3 Å². The van der Waals surface area contributed by atoms with Crippen LogP contribution in [0.2, 0.25) is 0 Å². The summed E-state index contributed by atoms with van der Waals surface area (Å²) in [6, 6.07) is 17.0. The molecular formula is C23H22N4OS. The minimum absolute atomic E-state index is 0.614. The molecule has 0 radical (unpaired) electrons. The van der Waals surface area contributed by atoms with Crippen molar-refractivity contribution in [3.63, 3.8) is 0 Å². The second kappa shape index (κ2) is 7.81. The number of nitrogens with one attached hydrogen (secondary N) is 1. The first-order chi connectivity index (χ1) is 14.3. The number of aromatic nitrogens is 2. The number of anilines is 3. The molecule has 6 heteroatoms. The zero-order valence-corrected chi connectivity index (χ0v) is 17.1. The van der Waals surface area contributed by atoms with Crippen LogP contribution in [0.1, 0.15) is 5.56 Å². The maximum atomic E-state index is 5.45. The van der Waals surface area contributed by atoms with Crippen LogP contribution in [0.25, 0.3) is 21.3 Å². The smallest absolute Gasteiger partial charge is 0.227 e. The van der Waals surface area contributed by atoms with E-state index in [1.165, 1.54) is 21.7 Å². The number of morpholine rings is 1. The van der Waals surface area contributed by atoms with E-state index >= 15 is 0 Å². The van der Waals surface area contributed by atoms with Crippen molar-refractivity contribution in [2.24, 2.45) is 0 Å². The van der Waals surface area contributed by atoms with Crippen LogP contribution in [0.5, 0.6) is 0 Å². The number of nitrogens with zero attached hydrogens (tertiary/aromatic N) is 3. The third-order valence-corrected chi connectivity index (χ3v) is 6.14. The van der Waals surface area contributed by atoms with E-state index in [4.69, 9.17) is 9.72 Å². The maximum absolute atomic E-state index is 5.45. The Morgan fingerprint density at radius 3 is 2.76 bits per heavy atom. The number of thiophene rings is 1. The summed E-state index contributed by atoms with van der Waals surface area (Å²) in [4.78, 5) is 12.8. The van der Waals surface area contributed by atoms with E-state index in [2.05, 4.69) is 76.0 Å². The molecule has 2 aromatic heterocycles. The molecule has 4 aromatic rings. The highest BCUT2D eigenvalue weighted by Crippen LogP contribution is 2.29. The molecule has 0 aliphatic carbocycles. The lowest BCUT2D eigenvalue weighted by molar-refractivity contribution is 0.122. The molecule has 1 saturated heterocycles. The van der Waals surface area contributed by atoms with Crippen molar-refractivity contribution in [2.45, 2.75) is 6.92 Å². The second-order valence-corrected chi connectivity index (χ2v) is 8.12. The van der Waals surface area contributed by atoms with Gasteiger partial charge in [-0.25, -0.2) is 9.97 Å². The average Bonchev–Trinajstić information content (AvgIpc) is 3.30. The predicted molar refractivity (Wildman–Crippen MR) is 120 cm³/mol. The van der Waals surface area contributed by atoms with Gasteiger partial charge in [-0.05, 0) is 59.8 Å². The highest BCUT2D eigenvalue weighted by molar-refractivity contribution is 7.13. The molecule has 29 heavy (non-hydrogen) atoms. The molecule has 1 fully saturated rings. The van der Waals surface area contributed by atoms with E-state index in [1.807, 2.05) is 6.20 Å². The largest absolute Gasteiger partial charge is 0.378 e. The third kappa shape index (κ3) is 3.81. The van der Waals surface area contributed by atoms with E-state index in [0.29, 0.717) is 5.95 Å². The van der Waals surface area contributed by atoms with Crippen LogP contribution in [0, 0.1) is 6.92 Å². The first-order valence-electron chi connectivity index (χ1n) is 9.77. The Kier molecular flexibility index (Phi) is 4.87. The molecule has 0 unspecified atom stereocenters. The quantitative estimate of drug-likeness (QED) is 0.505. The molecule has 1 aliphatic rings. The van der Waals surface area contributed by atoms with Crippen LogP contribution >= 0.6 is 11.3 Å². The highest BCUT2D eigenvalue weighted by Gasteiger charge is 2.12. The lowest BCUT2D eigenvalue weighted by Gasteiger charge is -2.29. The molecule has 3 heterocycles. The van der Waals surface area contributed by atoms with Gasteiger partial charge in [-0.1, -0.05) is 12.1 Å². The van der Waals surface area contributed by atoms with Gasteiger partial charge in [0, 0.05) is 40.9 Å². The molecule has 5 nitrogen and oxygen atoms in total. The summed E-state index contributed by atoms with van der Waals surface area (Å²) >= 11 is 1.74. The molecule has 0 atom stereocenters. The van der Waals surface area contributed by atoms with Crippen LogP contribution in [0.4, 0.5) is 17.3 Å². The fraction of sp³-hybridized carbons (Fsp3) is 0.217. The van der Waals surface area contributed by atoms with Crippen molar-refractivity contribution in [1.82, 2.24) is 9.97 Å². The van der Waals surface area contributed by atoms with Gasteiger partial charge in [-0.15, -0.1) is 11.3 Å². The van der Waals surface area contributed by atoms with Gasteiger partial charge in [0.05, 0.1) is 18.7 Å². The lowest BCUT2D eigenvalue weighted by Crippen LogP contribution is -2.36. The summed E-state index contributed by atoms with van der Waals surface area (Å²) in [6.07, 6.45) is 1.89. The van der Waals surface area contributed by atoms with Crippen LogP contribution in [-0.2, 0) is 4.74 Å². The van der Waals surface area contributed by atoms with Gasteiger partial charge in [-0.2, -0.15) is 0 Å². The molecular weight excluding hydrogens is 380 g/mol. The molecule has 0 saturated carbocycles. The zero-order valence-electron chi connectivity index (χ0n) is 16.3. The number of hydrogen-bond donors (Lipinski definition) is 1. The van der Waals surface area contributed by atoms with Gasteiger partial charge >= 0.3 is 0 Å². The minimum atomic E-state index is 0.614. The Bertz CT molecular complexity index is 1140. The van der Waals surface area contributed by atoms with E-state index in [-0.39, 0.29) is 0 Å². The molecule has 1 N–H and O–H groups in total. The van der Waals surface area contributed by atoms with Crippen LogP contribution < -0.4 is 10.2 Å². The van der Waals surface area contributed by atoms with Crippen LogP contribution in [-0.4, -0.2) is 36.3 Å². The summed E-state index contributed by atoms with van der Waals surface area (Å²) in [5, 5.41) is 6.51. The molecule has 2 aromatic carbocycles. The van der Waals surface area contributed by atoms with Crippen molar-refractivity contribution >= 4 is 39.6 Å². The number of fused-ring (bicyclic) bond motifs is 1. The monoisotopic (exact) mass is 402 g/mol.